The van der Waals surface area contributed by atoms with Crippen molar-refractivity contribution in [3.63, 3.8) is 0 Å². The van der Waals surface area contributed by atoms with Gasteiger partial charge in [0.2, 0.25) is 0 Å². The van der Waals surface area contributed by atoms with Crippen LogP contribution in [0.1, 0.15) is 23.6 Å². The fourth-order valence-corrected chi connectivity index (χ4v) is 1.91. The largest absolute Gasteiger partial charge is 0.489 e. The summed E-state index contributed by atoms with van der Waals surface area (Å²) in [6.45, 7) is 5.52. The molecule has 0 spiro atoms. The molecule has 0 saturated carbocycles. The molecule has 0 radical (unpaired) electrons. The van der Waals surface area contributed by atoms with E-state index in [0.717, 1.165) is 12.3 Å². The number of hydrogen-bond donors (Lipinski definition) is 2. The number of benzene rings is 2. The summed E-state index contributed by atoms with van der Waals surface area (Å²) in [6.07, 6.45) is 0. The molecule has 2 rings (SSSR count). The number of aliphatic hydroxyl groups excluding tert-OH is 1. The van der Waals surface area contributed by atoms with Gasteiger partial charge in [0.1, 0.15) is 12.4 Å². The molecule has 0 heterocycles. The molecule has 1 unspecified atom stereocenters. The fraction of sp³-hybridized carbons (Fsp3) is 0.333. The molecule has 2 N–H and O–H groups in total. The quantitative estimate of drug-likeness (QED) is 0.821. The monoisotopic (exact) mass is 285 g/mol. The lowest BCUT2D eigenvalue weighted by Gasteiger charge is -2.11. The average molecular weight is 285 g/mol. The minimum atomic E-state index is 0.113. The third-order valence-electron chi connectivity index (χ3n) is 3.38. The van der Waals surface area contributed by atoms with Crippen molar-refractivity contribution in [1.82, 2.24) is 5.32 Å². The summed E-state index contributed by atoms with van der Waals surface area (Å²) in [5, 5.41) is 12.2. The predicted octanol–water partition coefficient (Wildman–Crippen LogP) is 3.04. The molecule has 0 bridgehead atoms. The Labute approximate surface area is 126 Å². The van der Waals surface area contributed by atoms with Crippen molar-refractivity contribution in [2.75, 3.05) is 6.61 Å². The minimum absolute atomic E-state index is 0.113. The molecule has 112 valence electrons. The zero-order chi connectivity index (χ0) is 15.1. The SMILES string of the molecule is Cc1ccc(COc2ccc(CNC(C)CO)cc2)cc1. The van der Waals surface area contributed by atoms with Gasteiger partial charge in [0, 0.05) is 12.6 Å². The standard InChI is InChI=1S/C18H23NO2/c1-14-3-5-17(6-4-14)13-21-18-9-7-16(8-10-18)11-19-15(2)12-20/h3-10,15,19-20H,11-13H2,1-2H3. The summed E-state index contributed by atoms with van der Waals surface area (Å²) in [4.78, 5) is 0. The van der Waals surface area contributed by atoms with Crippen molar-refractivity contribution >= 4 is 0 Å². The number of hydrogen-bond acceptors (Lipinski definition) is 3. The third kappa shape index (κ3) is 5.21. The summed E-state index contributed by atoms with van der Waals surface area (Å²) in [5.74, 6) is 0.870. The molecular weight excluding hydrogens is 262 g/mol. The molecule has 3 heteroatoms. The summed E-state index contributed by atoms with van der Waals surface area (Å²) in [6, 6.07) is 16.5. The summed E-state index contributed by atoms with van der Waals surface area (Å²) >= 11 is 0. The molecule has 0 saturated heterocycles. The lowest BCUT2D eigenvalue weighted by atomic mass is 10.2. The van der Waals surface area contributed by atoms with Gasteiger partial charge in [0.15, 0.2) is 0 Å². The number of aliphatic hydroxyl groups is 1. The van der Waals surface area contributed by atoms with Gasteiger partial charge in [-0.1, -0.05) is 42.0 Å². The number of aryl methyl sites for hydroxylation is 1. The topological polar surface area (TPSA) is 41.5 Å². The maximum Gasteiger partial charge on any atom is 0.119 e. The minimum Gasteiger partial charge on any atom is -0.489 e. The summed E-state index contributed by atoms with van der Waals surface area (Å²) in [7, 11) is 0. The highest BCUT2D eigenvalue weighted by atomic mass is 16.5. The van der Waals surface area contributed by atoms with Gasteiger partial charge in [0.05, 0.1) is 6.61 Å². The Balaban J connectivity index is 1.83. The Hall–Kier alpha value is -1.84. The van der Waals surface area contributed by atoms with Crippen LogP contribution in [0.3, 0.4) is 0 Å². The molecule has 0 aliphatic heterocycles. The Morgan fingerprint density at radius 1 is 1.00 bits per heavy atom. The van der Waals surface area contributed by atoms with Crippen LogP contribution in [0.15, 0.2) is 48.5 Å². The van der Waals surface area contributed by atoms with Crippen molar-refractivity contribution in [2.45, 2.75) is 33.0 Å². The van der Waals surface area contributed by atoms with Crippen molar-refractivity contribution in [3.8, 4) is 5.75 Å². The van der Waals surface area contributed by atoms with E-state index in [0.29, 0.717) is 6.61 Å². The fourth-order valence-electron chi connectivity index (χ4n) is 1.91. The van der Waals surface area contributed by atoms with Crippen LogP contribution in [0.25, 0.3) is 0 Å². The lowest BCUT2D eigenvalue weighted by molar-refractivity contribution is 0.251. The zero-order valence-corrected chi connectivity index (χ0v) is 12.7. The van der Waals surface area contributed by atoms with E-state index >= 15 is 0 Å². The first-order valence-corrected chi connectivity index (χ1v) is 7.29. The van der Waals surface area contributed by atoms with E-state index in [4.69, 9.17) is 9.84 Å². The van der Waals surface area contributed by atoms with Crippen molar-refractivity contribution in [1.29, 1.82) is 0 Å². The number of ether oxygens (including phenoxy) is 1. The van der Waals surface area contributed by atoms with Crippen LogP contribution in [0.2, 0.25) is 0 Å². The van der Waals surface area contributed by atoms with Crippen molar-refractivity contribution < 1.29 is 9.84 Å². The first-order chi connectivity index (χ1) is 10.2. The summed E-state index contributed by atoms with van der Waals surface area (Å²) in [5.41, 5.74) is 3.61. The van der Waals surface area contributed by atoms with E-state index in [1.807, 2.05) is 31.2 Å². The van der Waals surface area contributed by atoms with E-state index in [1.54, 1.807) is 0 Å². The highest BCUT2D eigenvalue weighted by Crippen LogP contribution is 2.14. The molecule has 21 heavy (non-hydrogen) atoms. The van der Waals surface area contributed by atoms with Crippen LogP contribution in [0.4, 0.5) is 0 Å². The highest BCUT2D eigenvalue weighted by Gasteiger charge is 2.00. The van der Waals surface area contributed by atoms with E-state index in [1.165, 1.54) is 16.7 Å². The predicted molar refractivity (Wildman–Crippen MR) is 85.3 cm³/mol. The second-order valence-electron chi connectivity index (χ2n) is 5.38. The van der Waals surface area contributed by atoms with Gasteiger partial charge >= 0.3 is 0 Å². The molecule has 0 aliphatic carbocycles. The maximum absolute atomic E-state index is 8.97. The molecule has 2 aromatic carbocycles. The van der Waals surface area contributed by atoms with Crippen LogP contribution >= 0.6 is 0 Å². The van der Waals surface area contributed by atoms with Gasteiger partial charge in [-0.25, -0.2) is 0 Å². The van der Waals surface area contributed by atoms with Crippen molar-refractivity contribution in [3.05, 3.63) is 65.2 Å². The van der Waals surface area contributed by atoms with Gasteiger partial charge in [-0.05, 0) is 37.1 Å². The average Bonchev–Trinajstić information content (AvgIpc) is 2.53. The van der Waals surface area contributed by atoms with Crippen LogP contribution in [-0.4, -0.2) is 17.8 Å². The first-order valence-electron chi connectivity index (χ1n) is 7.29. The Kier molecular flexibility index (Phi) is 5.78. The zero-order valence-electron chi connectivity index (χ0n) is 12.7. The molecule has 0 aliphatic rings. The van der Waals surface area contributed by atoms with Gasteiger partial charge in [0.25, 0.3) is 0 Å². The molecule has 2 aromatic rings. The molecule has 0 aromatic heterocycles. The number of nitrogens with one attached hydrogen (secondary N) is 1. The van der Waals surface area contributed by atoms with Crippen molar-refractivity contribution in [2.24, 2.45) is 0 Å². The van der Waals surface area contributed by atoms with E-state index < -0.39 is 0 Å². The van der Waals surface area contributed by atoms with E-state index in [9.17, 15) is 0 Å². The van der Waals surface area contributed by atoms with Crippen LogP contribution in [0.5, 0.6) is 5.75 Å². The lowest BCUT2D eigenvalue weighted by Crippen LogP contribution is -2.28. The Morgan fingerprint density at radius 2 is 1.62 bits per heavy atom. The molecule has 1 atom stereocenters. The Bertz CT molecular complexity index is 534. The Morgan fingerprint density at radius 3 is 2.24 bits per heavy atom. The number of rotatable bonds is 7. The highest BCUT2D eigenvalue weighted by molar-refractivity contribution is 5.28. The maximum atomic E-state index is 8.97. The van der Waals surface area contributed by atoms with E-state index in [-0.39, 0.29) is 12.6 Å². The molecular formula is C18H23NO2. The van der Waals surface area contributed by atoms with Crippen LogP contribution in [-0.2, 0) is 13.2 Å². The van der Waals surface area contributed by atoms with Gasteiger partial charge in [-0.2, -0.15) is 0 Å². The first kappa shape index (κ1) is 15.5. The van der Waals surface area contributed by atoms with Gasteiger partial charge in [-0.15, -0.1) is 0 Å². The van der Waals surface area contributed by atoms with Gasteiger partial charge in [-0.3, -0.25) is 0 Å². The smallest absolute Gasteiger partial charge is 0.119 e. The second-order valence-corrected chi connectivity index (χ2v) is 5.38. The van der Waals surface area contributed by atoms with E-state index in [2.05, 4.69) is 36.5 Å². The molecule has 0 fully saturated rings. The van der Waals surface area contributed by atoms with Crippen LogP contribution < -0.4 is 10.1 Å². The molecule has 0 amide bonds. The van der Waals surface area contributed by atoms with Crippen LogP contribution in [0, 0.1) is 6.92 Å². The van der Waals surface area contributed by atoms with Gasteiger partial charge < -0.3 is 15.2 Å². The normalized spacial score (nSPS) is 12.1. The summed E-state index contributed by atoms with van der Waals surface area (Å²) < 4.78 is 5.77. The second kappa shape index (κ2) is 7.81. The molecule has 3 nitrogen and oxygen atoms in total. The third-order valence-corrected chi connectivity index (χ3v) is 3.38.